The van der Waals surface area contributed by atoms with Crippen molar-refractivity contribution in [2.75, 3.05) is 13.6 Å². The third-order valence-corrected chi connectivity index (χ3v) is 4.68. The first-order valence-electron chi connectivity index (χ1n) is 7.58. The van der Waals surface area contributed by atoms with Gasteiger partial charge in [-0.2, -0.15) is 0 Å². The van der Waals surface area contributed by atoms with Crippen LogP contribution < -0.4 is 5.73 Å². The van der Waals surface area contributed by atoms with Crippen LogP contribution in [-0.4, -0.2) is 30.4 Å². The van der Waals surface area contributed by atoms with Crippen LogP contribution in [0.25, 0.3) is 10.8 Å². The molecule has 0 bridgehead atoms. The molecule has 2 aromatic carbocycles. The molecule has 1 amide bonds. The summed E-state index contributed by atoms with van der Waals surface area (Å²) in [6.45, 7) is 2.50. The molecule has 1 saturated carbocycles. The summed E-state index contributed by atoms with van der Waals surface area (Å²) >= 11 is 0. The topological polar surface area (TPSA) is 46.3 Å². The molecule has 1 aliphatic carbocycles. The third-order valence-electron chi connectivity index (χ3n) is 4.68. The van der Waals surface area contributed by atoms with Crippen molar-refractivity contribution in [3.63, 3.8) is 0 Å². The van der Waals surface area contributed by atoms with Gasteiger partial charge in [-0.05, 0) is 35.6 Å². The summed E-state index contributed by atoms with van der Waals surface area (Å²) in [7, 11) is 1.86. The highest BCUT2D eigenvalue weighted by molar-refractivity contribution is 5.89. The van der Waals surface area contributed by atoms with Gasteiger partial charge in [0.05, 0.1) is 0 Å². The van der Waals surface area contributed by atoms with Crippen molar-refractivity contribution in [3.8, 4) is 0 Å². The van der Waals surface area contributed by atoms with Crippen LogP contribution in [0.4, 0.5) is 0 Å². The zero-order valence-electron chi connectivity index (χ0n) is 12.6. The Labute approximate surface area is 125 Å². The first-order valence-corrected chi connectivity index (χ1v) is 7.58. The highest BCUT2D eigenvalue weighted by Crippen LogP contribution is 2.50. The van der Waals surface area contributed by atoms with Gasteiger partial charge in [-0.15, -0.1) is 0 Å². The number of rotatable bonds is 4. The van der Waals surface area contributed by atoms with Gasteiger partial charge in [-0.3, -0.25) is 4.79 Å². The maximum Gasteiger partial charge on any atom is 0.226 e. The van der Waals surface area contributed by atoms with Gasteiger partial charge >= 0.3 is 0 Å². The number of carbonyl (C=O) groups excluding carboxylic acids is 1. The van der Waals surface area contributed by atoms with Crippen molar-refractivity contribution in [2.24, 2.45) is 11.7 Å². The number of fused-ring (bicyclic) bond motifs is 1. The number of hydrogen-bond acceptors (Lipinski definition) is 2. The Hall–Kier alpha value is -1.87. The van der Waals surface area contributed by atoms with Crippen LogP contribution in [0.5, 0.6) is 0 Å². The van der Waals surface area contributed by atoms with E-state index in [9.17, 15) is 4.79 Å². The van der Waals surface area contributed by atoms with Crippen LogP contribution in [0.15, 0.2) is 42.5 Å². The second-order valence-corrected chi connectivity index (χ2v) is 6.05. The van der Waals surface area contributed by atoms with E-state index in [2.05, 4.69) is 42.5 Å². The molecule has 0 heterocycles. The molecule has 2 aromatic rings. The van der Waals surface area contributed by atoms with Crippen LogP contribution >= 0.6 is 0 Å². The van der Waals surface area contributed by atoms with Crippen LogP contribution in [0.2, 0.25) is 0 Å². The SMILES string of the molecule is C[C@H](CN)N(C)C(=O)[C@H]1C[C@H]1c1cccc2ccccc12. The molecular weight excluding hydrogens is 260 g/mol. The Morgan fingerprint density at radius 2 is 2.00 bits per heavy atom. The molecule has 0 radical (unpaired) electrons. The van der Waals surface area contributed by atoms with Gasteiger partial charge in [-0.25, -0.2) is 0 Å². The first-order chi connectivity index (χ1) is 10.1. The maximum absolute atomic E-state index is 12.5. The second-order valence-electron chi connectivity index (χ2n) is 6.05. The lowest BCUT2D eigenvalue weighted by Crippen LogP contribution is -2.40. The zero-order valence-corrected chi connectivity index (χ0v) is 12.6. The Kier molecular flexibility index (Phi) is 3.68. The van der Waals surface area contributed by atoms with Crippen molar-refractivity contribution in [1.82, 2.24) is 4.90 Å². The molecule has 21 heavy (non-hydrogen) atoms. The number of hydrogen-bond donors (Lipinski definition) is 1. The van der Waals surface area contributed by atoms with E-state index in [4.69, 9.17) is 5.73 Å². The van der Waals surface area contributed by atoms with E-state index in [-0.39, 0.29) is 17.9 Å². The van der Waals surface area contributed by atoms with Crippen molar-refractivity contribution in [1.29, 1.82) is 0 Å². The number of carbonyl (C=O) groups is 1. The molecule has 3 heteroatoms. The van der Waals surface area contributed by atoms with E-state index in [1.54, 1.807) is 4.90 Å². The largest absolute Gasteiger partial charge is 0.342 e. The van der Waals surface area contributed by atoms with Crippen LogP contribution in [0, 0.1) is 5.92 Å². The minimum Gasteiger partial charge on any atom is -0.342 e. The molecule has 0 aromatic heterocycles. The van der Waals surface area contributed by atoms with Gasteiger partial charge in [-0.1, -0.05) is 42.5 Å². The molecule has 0 aliphatic heterocycles. The predicted molar refractivity (Wildman–Crippen MR) is 86.1 cm³/mol. The highest BCUT2D eigenvalue weighted by Gasteiger charge is 2.46. The monoisotopic (exact) mass is 282 g/mol. The van der Waals surface area contributed by atoms with Gasteiger partial charge in [0, 0.05) is 25.6 Å². The smallest absolute Gasteiger partial charge is 0.226 e. The molecule has 3 rings (SSSR count). The molecule has 0 saturated heterocycles. The van der Waals surface area contributed by atoms with Gasteiger partial charge in [0.1, 0.15) is 0 Å². The highest BCUT2D eigenvalue weighted by atomic mass is 16.2. The molecule has 1 fully saturated rings. The van der Waals surface area contributed by atoms with Gasteiger partial charge in [0.25, 0.3) is 0 Å². The summed E-state index contributed by atoms with van der Waals surface area (Å²) in [6, 6.07) is 14.9. The van der Waals surface area contributed by atoms with Crippen LogP contribution in [0.3, 0.4) is 0 Å². The van der Waals surface area contributed by atoms with E-state index in [1.165, 1.54) is 16.3 Å². The minimum absolute atomic E-state index is 0.103. The maximum atomic E-state index is 12.5. The lowest BCUT2D eigenvalue weighted by molar-refractivity contribution is -0.132. The molecule has 0 unspecified atom stereocenters. The summed E-state index contributed by atoms with van der Waals surface area (Å²) in [5.41, 5.74) is 6.96. The van der Waals surface area contributed by atoms with Crippen molar-refractivity contribution < 1.29 is 4.79 Å². The summed E-state index contributed by atoms with van der Waals surface area (Å²) in [5, 5.41) is 2.52. The molecule has 0 spiro atoms. The fourth-order valence-electron chi connectivity index (χ4n) is 3.02. The Morgan fingerprint density at radius 1 is 1.29 bits per heavy atom. The number of likely N-dealkylation sites (N-methyl/N-ethyl adjacent to an activating group) is 1. The summed E-state index contributed by atoms with van der Waals surface area (Å²) < 4.78 is 0. The number of benzene rings is 2. The van der Waals surface area contributed by atoms with E-state index in [0.717, 1.165) is 6.42 Å². The summed E-state index contributed by atoms with van der Waals surface area (Å²) in [5.74, 6) is 0.705. The molecule has 2 N–H and O–H groups in total. The third kappa shape index (κ3) is 2.54. The lowest BCUT2D eigenvalue weighted by Gasteiger charge is -2.23. The zero-order chi connectivity index (χ0) is 15.0. The van der Waals surface area contributed by atoms with E-state index in [0.29, 0.717) is 12.5 Å². The van der Waals surface area contributed by atoms with Gasteiger partial charge in [0.15, 0.2) is 0 Å². The summed E-state index contributed by atoms with van der Waals surface area (Å²) in [6.07, 6.45) is 0.953. The molecule has 3 nitrogen and oxygen atoms in total. The molecular formula is C18H22N2O. The Balaban J connectivity index is 1.82. The number of amides is 1. The van der Waals surface area contributed by atoms with E-state index in [1.807, 2.05) is 14.0 Å². The normalized spacial score (nSPS) is 22.0. The van der Waals surface area contributed by atoms with Crippen molar-refractivity contribution in [2.45, 2.75) is 25.3 Å². The molecule has 110 valence electrons. The van der Waals surface area contributed by atoms with Gasteiger partial charge < -0.3 is 10.6 Å². The molecule has 1 aliphatic rings. The summed E-state index contributed by atoms with van der Waals surface area (Å²) in [4.78, 5) is 14.3. The first kappa shape index (κ1) is 14.1. The second kappa shape index (κ2) is 5.49. The van der Waals surface area contributed by atoms with Gasteiger partial charge in [0.2, 0.25) is 5.91 Å². The standard InChI is InChI=1S/C18H22N2O/c1-12(11-19)20(2)18(21)17-10-16(17)15-9-5-7-13-6-3-4-8-14(13)15/h3-9,12,16-17H,10-11,19H2,1-2H3/t12-,16+,17+/m1/s1. The fourth-order valence-corrected chi connectivity index (χ4v) is 3.02. The average Bonchev–Trinajstić information content (AvgIpc) is 3.32. The predicted octanol–water partition coefficient (Wildman–Crippen LogP) is 2.75. The number of nitrogens with zero attached hydrogens (tertiary/aromatic N) is 1. The lowest BCUT2D eigenvalue weighted by atomic mass is 10.00. The Morgan fingerprint density at radius 3 is 2.76 bits per heavy atom. The van der Waals surface area contributed by atoms with E-state index >= 15 is 0 Å². The van der Waals surface area contributed by atoms with Crippen LogP contribution in [-0.2, 0) is 4.79 Å². The van der Waals surface area contributed by atoms with Crippen molar-refractivity contribution in [3.05, 3.63) is 48.0 Å². The van der Waals surface area contributed by atoms with Crippen molar-refractivity contribution >= 4 is 16.7 Å². The average molecular weight is 282 g/mol. The minimum atomic E-state index is 0.103. The quantitative estimate of drug-likeness (QED) is 0.937. The van der Waals surface area contributed by atoms with Crippen LogP contribution in [0.1, 0.15) is 24.8 Å². The number of nitrogens with two attached hydrogens (primary N) is 1. The Bertz CT molecular complexity index is 662. The fraction of sp³-hybridized carbons (Fsp3) is 0.389. The molecule has 3 atom stereocenters. The van der Waals surface area contributed by atoms with E-state index < -0.39 is 0 Å².